The Hall–Kier alpha value is -6.42. The Kier molecular flexibility index (Phi) is 21.9. The number of hydrogen-bond acceptors (Lipinski definition) is 6. The largest absolute Gasteiger partial charge is 0.452 e. The van der Waals surface area contributed by atoms with Gasteiger partial charge in [0.05, 0.1) is 6.61 Å². The van der Waals surface area contributed by atoms with E-state index in [2.05, 4.69) is 136 Å². The molecule has 0 fully saturated rings. The minimum atomic E-state index is -1.14. The highest BCUT2D eigenvalue weighted by atomic mass is 16.6. The summed E-state index contributed by atoms with van der Waals surface area (Å²) >= 11 is 0. The van der Waals surface area contributed by atoms with Crippen LogP contribution in [0.15, 0.2) is 0 Å². The summed E-state index contributed by atoms with van der Waals surface area (Å²) < 4.78 is 9.59. The molecular weight excluding hydrogens is 454 g/mol. The van der Waals surface area contributed by atoms with Crippen molar-refractivity contribution in [2.24, 2.45) is 0 Å². The molecule has 212 valence electrons. The van der Waals surface area contributed by atoms with Crippen molar-refractivity contribution >= 4 is 11.9 Å². The van der Waals surface area contributed by atoms with E-state index in [9.17, 15) is 14.7 Å². The van der Waals surface area contributed by atoms with Gasteiger partial charge >= 0.3 is 11.9 Å². The lowest BCUT2D eigenvalue weighted by Crippen LogP contribution is -2.27. The number of terminal acetylenes is 1. The highest BCUT2D eigenvalue weighted by Crippen LogP contribution is 1.94. The first-order valence-corrected chi connectivity index (χ1v) is 9.01. The number of aliphatic hydroxyl groups excluding tert-OH is 1. The third-order valence-corrected chi connectivity index (χ3v) is 2.47. The van der Waals surface area contributed by atoms with Gasteiger partial charge in [-0.3, -0.25) is 0 Å². The third-order valence-electron chi connectivity index (χ3n) is 2.47. The monoisotopic (exact) mass is 511 g/mol. The maximum Gasteiger partial charge on any atom is 0.385 e. The molecule has 0 aliphatic heterocycles. The zero-order valence-electron chi connectivity index (χ0n) is 18.9. The standard InChI is InChI=1S/C30H10O5.H3N.22H2/c1-3-5-7-9-11-13-14-15-17-19-21-23-25-30(33)35-28(26-31)27-34-29(32)24-22-20-18-16-12-10-8-6-4-2;;;;;;;;;;;;;;;;;;;;;;;/h1,28,31H,26-27H2,2H3;1H3;22*1H/t28-;;;;;;;;;;;;;;;;;;;;;;;/m1......................./s1. The molecule has 36 heavy (non-hydrogen) atoms. The highest BCUT2D eigenvalue weighted by molar-refractivity contribution is 5.90. The number of aliphatic hydroxyl groups is 1. The second-order valence-electron chi connectivity index (χ2n) is 4.83. The molecule has 0 rings (SSSR count). The van der Waals surface area contributed by atoms with E-state index >= 15 is 0 Å². The summed E-state index contributed by atoms with van der Waals surface area (Å²) in [6.07, 6.45) is 3.77. The van der Waals surface area contributed by atoms with Gasteiger partial charge in [-0.15, -0.1) is 6.42 Å². The van der Waals surface area contributed by atoms with Crippen molar-refractivity contribution in [1.82, 2.24) is 6.15 Å². The number of carbonyl (C=O) groups is 2. The molecule has 6 nitrogen and oxygen atoms in total. The van der Waals surface area contributed by atoms with Crippen LogP contribution in [-0.4, -0.2) is 36.4 Å². The minimum Gasteiger partial charge on any atom is -0.452 e. The summed E-state index contributed by atoms with van der Waals surface area (Å²) in [5.74, 6) is 51.9. The van der Waals surface area contributed by atoms with Crippen LogP contribution in [0.25, 0.3) is 0 Å². The zero-order valence-corrected chi connectivity index (χ0v) is 18.9. The molecule has 0 aliphatic carbocycles. The Morgan fingerprint density at radius 2 is 1.08 bits per heavy atom. The number of carbonyl (C=O) groups excluding carboxylic acids is 2. The van der Waals surface area contributed by atoms with Crippen molar-refractivity contribution in [3.05, 3.63) is 0 Å². The van der Waals surface area contributed by atoms with E-state index in [1.54, 1.807) is 6.92 Å². The van der Waals surface area contributed by atoms with Gasteiger partial charge in [0.2, 0.25) is 0 Å². The fourth-order valence-electron chi connectivity index (χ4n) is 1.24. The highest BCUT2D eigenvalue weighted by Gasteiger charge is 2.14. The molecule has 0 spiro atoms. The number of ether oxygens (including phenoxy) is 2. The number of hydrogen-bond donors (Lipinski definition) is 2. The molecule has 0 aromatic heterocycles. The van der Waals surface area contributed by atoms with Crippen LogP contribution >= 0.6 is 0 Å². The molecule has 0 aromatic carbocycles. The molecule has 0 radical (unpaired) electrons. The fraction of sp³-hybridized carbons (Fsp3) is 0.133. The Bertz CT molecular complexity index is 1630. The van der Waals surface area contributed by atoms with Crippen LogP contribution in [0.1, 0.15) is 38.3 Å². The summed E-state index contributed by atoms with van der Waals surface area (Å²) in [7, 11) is 0. The predicted molar refractivity (Wildman–Crippen MR) is 179 cm³/mol. The van der Waals surface area contributed by atoms with Crippen LogP contribution in [0.2, 0.25) is 0 Å². The molecule has 0 bridgehead atoms. The summed E-state index contributed by atoms with van der Waals surface area (Å²) in [6, 6.07) is 0. The van der Waals surface area contributed by atoms with E-state index in [-0.39, 0.29) is 37.5 Å². The zero-order chi connectivity index (χ0) is 25.8. The molecule has 0 amide bonds. The quantitative estimate of drug-likeness (QED) is 0.322. The second kappa shape index (κ2) is 24.8. The molecule has 0 aromatic rings. The van der Waals surface area contributed by atoms with Crippen LogP contribution in [0.5, 0.6) is 0 Å². The lowest BCUT2D eigenvalue weighted by Gasteiger charge is -2.12. The lowest BCUT2D eigenvalue weighted by molar-refractivity contribution is -0.153. The Morgan fingerprint density at radius 3 is 1.50 bits per heavy atom. The van der Waals surface area contributed by atoms with Crippen molar-refractivity contribution < 1.29 is 55.6 Å². The summed E-state index contributed by atoms with van der Waals surface area (Å²) in [5.41, 5.74) is 0. The molecule has 0 unspecified atom stereocenters. The Morgan fingerprint density at radius 1 is 0.694 bits per heavy atom. The van der Waals surface area contributed by atoms with Crippen LogP contribution in [-0.2, 0) is 19.1 Å². The molecular formula is C30H57NO5. The van der Waals surface area contributed by atoms with Gasteiger partial charge in [0.25, 0.3) is 0 Å². The molecule has 0 saturated heterocycles. The second-order valence-corrected chi connectivity index (χ2v) is 4.83. The third kappa shape index (κ3) is 22.3. The fourth-order valence-corrected chi connectivity index (χ4v) is 1.24. The first-order chi connectivity index (χ1) is 17.1. The van der Waals surface area contributed by atoms with Crippen LogP contribution in [0.3, 0.4) is 0 Å². The number of rotatable bonds is 4. The lowest BCUT2D eigenvalue weighted by atomic mass is 10.4. The Balaban J connectivity index is -0.0000000228. The maximum atomic E-state index is 11.6. The smallest absolute Gasteiger partial charge is 0.385 e. The topological polar surface area (TPSA) is 108 Å². The van der Waals surface area contributed by atoms with Crippen LogP contribution < -0.4 is 6.15 Å². The van der Waals surface area contributed by atoms with E-state index in [0.717, 1.165) is 0 Å². The van der Waals surface area contributed by atoms with Crippen molar-refractivity contribution in [3.8, 4) is 143 Å². The molecule has 0 heterocycles. The minimum absolute atomic E-state index is 0. The van der Waals surface area contributed by atoms with E-state index in [1.165, 1.54) is 0 Å². The van der Waals surface area contributed by atoms with Gasteiger partial charge in [-0.25, -0.2) is 9.59 Å². The van der Waals surface area contributed by atoms with E-state index in [1.807, 2.05) is 0 Å². The van der Waals surface area contributed by atoms with Gasteiger partial charge in [0, 0.05) is 43.2 Å². The van der Waals surface area contributed by atoms with Gasteiger partial charge < -0.3 is 20.7 Å². The predicted octanol–water partition coefficient (Wildman–Crippen LogP) is 4.70. The van der Waals surface area contributed by atoms with Gasteiger partial charge in [-0.1, -0.05) is 5.92 Å². The van der Waals surface area contributed by atoms with Crippen molar-refractivity contribution in [1.29, 1.82) is 0 Å². The molecule has 4 N–H and O–H groups in total. The van der Waals surface area contributed by atoms with E-state index in [4.69, 9.17) is 15.9 Å². The van der Waals surface area contributed by atoms with Gasteiger partial charge in [0.15, 0.2) is 6.10 Å². The van der Waals surface area contributed by atoms with E-state index < -0.39 is 31.3 Å². The van der Waals surface area contributed by atoms with Crippen LogP contribution in [0, 0.1) is 143 Å². The van der Waals surface area contributed by atoms with Crippen molar-refractivity contribution in [2.45, 2.75) is 13.0 Å². The van der Waals surface area contributed by atoms with E-state index in [0.29, 0.717) is 0 Å². The van der Waals surface area contributed by atoms with Crippen molar-refractivity contribution in [3.63, 3.8) is 0 Å². The maximum absolute atomic E-state index is 11.6. The average Bonchev–Trinajstić information content (AvgIpc) is 2.86. The first kappa shape index (κ1) is 31.8. The SMILES string of the molecule is C#CC#CC#CC#CC#CC#CC#CC(=O)O[C@H](CO)COC(=O)C#CC#CC#CC#CC#CC.N.[HH].[HH].[HH].[HH].[HH].[HH].[HH].[HH].[HH].[HH].[HH].[HH].[HH].[HH].[HH].[HH].[HH].[HH].[HH].[HH].[HH].[HH]. The normalized spacial score (nSPS) is 6.47. The van der Waals surface area contributed by atoms with Gasteiger partial charge in [0.1, 0.15) is 6.61 Å². The molecule has 0 saturated carbocycles. The summed E-state index contributed by atoms with van der Waals surface area (Å²) in [6.45, 7) is 0.594. The van der Waals surface area contributed by atoms with Crippen molar-refractivity contribution in [2.75, 3.05) is 13.2 Å². The molecule has 0 aliphatic rings. The molecule has 6 heteroatoms. The van der Waals surface area contributed by atoms with Gasteiger partial charge in [-0.2, -0.15) is 0 Å². The summed E-state index contributed by atoms with van der Waals surface area (Å²) in [4.78, 5) is 23.1. The number of esters is 2. The van der Waals surface area contributed by atoms with Gasteiger partial charge in [-0.05, 0) is 125 Å². The Labute approximate surface area is 243 Å². The molecule has 1 atom stereocenters. The first-order valence-electron chi connectivity index (χ1n) is 9.01. The van der Waals surface area contributed by atoms with Crippen LogP contribution in [0.4, 0.5) is 0 Å². The average molecular weight is 512 g/mol. The summed E-state index contributed by atoms with van der Waals surface area (Å²) in [5, 5.41) is 9.22.